The first-order valence-corrected chi connectivity index (χ1v) is 13.5. The van der Waals surface area contributed by atoms with Crippen molar-refractivity contribution in [3.05, 3.63) is 46.9 Å². The summed E-state index contributed by atoms with van der Waals surface area (Å²) in [6.07, 6.45) is 10.1. The van der Waals surface area contributed by atoms with Gasteiger partial charge in [0.15, 0.2) is 0 Å². The molecule has 0 radical (unpaired) electrons. The third-order valence-electron chi connectivity index (χ3n) is 8.82. The van der Waals surface area contributed by atoms with Crippen LogP contribution in [0.5, 0.6) is 0 Å². The van der Waals surface area contributed by atoms with Crippen LogP contribution in [-0.4, -0.2) is 64.4 Å². The third kappa shape index (κ3) is 4.57. The first-order chi connectivity index (χ1) is 17.1. The van der Waals surface area contributed by atoms with Crippen LogP contribution in [0.2, 0.25) is 0 Å². The lowest BCUT2D eigenvalue weighted by atomic mass is 9.78. The SMILES string of the molecule is Cc1cnnc(C)c1[C@@H](C)OC1CCC2NNC(c3ccc(N4CCN5CCC[C@@H]5C4)nc3)C2C1. The van der Waals surface area contributed by atoms with Crippen LogP contribution < -0.4 is 15.8 Å². The number of ether oxygens (including phenoxy) is 1. The quantitative estimate of drug-likeness (QED) is 0.680. The van der Waals surface area contributed by atoms with E-state index in [1.165, 1.54) is 37.1 Å². The summed E-state index contributed by atoms with van der Waals surface area (Å²) < 4.78 is 6.61. The molecule has 0 bridgehead atoms. The van der Waals surface area contributed by atoms with Gasteiger partial charge in [-0.1, -0.05) is 6.07 Å². The molecule has 4 unspecified atom stereocenters. The molecule has 2 aromatic heterocycles. The molecule has 0 spiro atoms. The number of fused-ring (bicyclic) bond motifs is 2. The maximum atomic E-state index is 6.61. The number of anilines is 1. The van der Waals surface area contributed by atoms with Crippen LogP contribution in [0.25, 0.3) is 0 Å². The Bertz CT molecular complexity index is 1010. The van der Waals surface area contributed by atoms with Crippen molar-refractivity contribution >= 4 is 5.82 Å². The van der Waals surface area contributed by atoms with Crippen molar-refractivity contribution < 1.29 is 4.74 Å². The zero-order chi connectivity index (χ0) is 23.9. The van der Waals surface area contributed by atoms with Gasteiger partial charge in [-0.05, 0) is 82.5 Å². The van der Waals surface area contributed by atoms with Gasteiger partial charge in [0.1, 0.15) is 5.82 Å². The second-order valence-electron chi connectivity index (χ2n) is 11.0. The Kier molecular flexibility index (Phi) is 6.47. The normalized spacial score (nSPS) is 31.9. The molecule has 4 fully saturated rings. The van der Waals surface area contributed by atoms with E-state index in [4.69, 9.17) is 9.72 Å². The highest BCUT2D eigenvalue weighted by molar-refractivity contribution is 5.41. The van der Waals surface area contributed by atoms with Gasteiger partial charge in [0.05, 0.1) is 30.1 Å². The minimum Gasteiger partial charge on any atom is -0.370 e. The zero-order valence-corrected chi connectivity index (χ0v) is 21.3. The molecule has 8 nitrogen and oxygen atoms in total. The molecule has 6 rings (SSSR count). The smallest absolute Gasteiger partial charge is 0.128 e. The van der Waals surface area contributed by atoms with Crippen LogP contribution in [0.3, 0.4) is 0 Å². The predicted molar refractivity (Wildman–Crippen MR) is 136 cm³/mol. The highest BCUT2D eigenvalue weighted by Gasteiger charge is 2.42. The lowest BCUT2D eigenvalue weighted by molar-refractivity contribution is -0.0377. The maximum absolute atomic E-state index is 6.61. The Hall–Kier alpha value is -2.13. The monoisotopic (exact) mass is 477 g/mol. The number of rotatable bonds is 5. The van der Waals surface area contributed by atoms with Crippen LogP contribution in [0.1, 0.15) is 73.6 Å². The minimum absolute atomic E-state index is 0.0223. The molecule has 1 aliphatic carbocycles. The summed E-state index contributed by atoms with van der Waals surface area (Å²) in [5, 5.41) is 8.33. The van der Waals surface area contributed by atoms with Gasteiger partial charge < -0.3 is 9.64 Å². The lowest BCUT2D eigenvalue weighted by Gasteiger charge is -2.38. The van der Waals surface area contributed by atoms with Crippen LogP contribution in [0, 0.1) is 19.8 Å². The van der Waals surface area contributed by atoms with Gasteiger partial charge in [0, 0.05) is 43.5 Å². The molecule has 3 aliphatic heterocycles. The zero-order valence-electron chi connectivity index (χ0n) is 21.3. The molecule has 2 aromatic rings. The molecular formula is C27H39N7O. The van der Waals surface area contributed by atoms with E-state index in [-0.39, 0.29) is 18.2 Å². The van der Waals surface area contributed by atoms with Gasteiger partial charge in [0.25, 0.3) is 0 Å². The van der Waals surface area contributed by atoms with E-state index in [1.807, 2.05) is 13.1 Å². The van der Waals surface area contributed by atoms with Gasteiger partial charge in [-0.25, -0.2) is 10.4 Å². The lowest BCUT2D eigenvalue weighted by Crippen LogP contribution is -2.50. The third-order valence-corrected chi connectivity index (χ3v) is 8.82. The van der Waals surface area contributed by atoms with Crippen LogP contribution in [-0.2, 0) is 4.74 Å². The molecule has 0 aromatic carbocycles. The highest BCUT2D eigenvalue weighted by atomic mass is 16.5. The second-order valence-corrected chi connectivity index (χ2v) is 11.0. The number of pyridine rings is 1. The summed E-state index contributed by atoms with van der Waals surface area (Å²) in [4.78, 5) is 10.0. The van der Waals surface area contributed by atoms with Gasteiger partial charge in [-0.2, -0.15) is 10.2 Å². The van der Waals surface area contributed by atoms with Gasteiger partial charge in [-0.15, -0.1) is 0 Å². The van der Waals surface area contributed by atoms with E-state index < -0.39 is 0 Å². The van der Waals surface area contributed by atoms with Crippen molar-refractivity contribution in [1.29, 1.82) is 0 Å². The van der Waals surface area contributed by atoms with E-state index in [0.717, 1.165) is 49.4 Å². The van der Waals surface area contributed by atoms with Crippen molar-refractivity contribution in [3.8, 4) is 0 Å². The second kappa shape index (κ2) is 9.73. The molecular weight excluding hydrogens is 438 g/mol. The number of hydrazine groups is 1. The van der Waals surface area contributed by atoms with E-state index >= 15 is 0 Å². The van der Waals surface area contributed by atoms with Crippen LogP contribution in [0.15, 0.2) is 24.5 Å². The van der Waals surface area contributed by atoms with Crippen molar-refractivity contribution in [2.45, 2.75) is 83.2 Å². The van der Waals surface area contributed by atoms with E-state index in [1.54, 1.807) is 0 Å². The van der Waals surface area contributed by atoms with Crippen molar-refractivity contribution in [1.82, 2.24) is 30.9 Å². The van der Waals surface area contributed by atoms with Gasteiger partial charge in [0.2, 0.25) is 0 Å². The fourth-order valence-electron chi connectivity index (χ4n) is 7.02. The van der Waals surface area contributed by atoms with E-state index in [9.17, 15) is 0 Å². The predicted octanol–water partition coefficient (Wildman–Crippen LogP) is 3.24. The Labute approximate surface area is 208 Å². The number of piperazine rings is 1. The average molecular weight is 478 g/mol. The number of aromatic nitrogens is 3. The summed E-state index contributed by atoms with van der Waals surface area (Å²) >= 11 is 0. The average Bonchev–Trinajstić information content (AvgIpc) is 3.50. The number of nitrogens with zero attached hydrogens (tertiary/aromatic N) is 5. The van der Waals surface area contributed by atoms with E-state index in [0.29, 0.717) is 18.0 Å². The van der Waals surface area contributed by atoms with Gasteiger partial charge in [-0.3, -0.25) is 10.3 Å². The van der Waals surface area contributed by atoms with E-state index in [2.05, 4.69) is 63.0 Å². The summed E-state index contributed by atoms with van der Waals surface area (Å²) in [7, 11) is 0. The molecule has 2 N–H and O–H groups in total. The highest BCUT2D eigenvalue weighted by Crippen LogP contribution is 2.40. The molecule has 1 saturated carbocycles. The molecule has 0 amide bonds. The Morgan fingerprint density at radius 3 is 2.80 bits per heavy atom. The Balaban J connectivity index is 1.11. The topological polar surface area (TPSA) is 78.4 Å². The summed E-state index contributed by atoms with van der Waals surface area (Å²) in [5.41, 5.74) is 11.7. The van der Waals surface area contributed by atoms with Crippen molar-refractivity contribution in [2.75, 3.05) is 31.1 Å². The molecule has 3 saturated heterocycles. The van der Waals surface area contributed by atoms with Gasteiger partial charge >= 0.3 is 0 Å². The Morgan fingerprint density at radius 2 is 1.97 bits per heavy atom. The number of nitrogens with one attached hydrogen (secondary N) is 2. The Morgan fingerprint density at radius 1 is 1.06 bits per heavy atom. The van der Waals surface area contributed by atoms with Crippen LogP contribution in [0.4, 0.5) is 5.82 Å². The molecule has 6 atom stereocenters. The first kappa shape index (κ1) is 23.3. The van der Waals surface area contributed by atoms with Crippen molar-refractivity contribution in [3.63, 3.8) is 0 Å². The first-order valence-electron chi connectivity index (χ1n) is 13.5. The standard InChI is InChI=1S/C27H39N7O/c1-17-14-29-30-18(2)26(17)19(3)35-22-7-8-24-23(13-22)27(32-31-24)20-6-9-25(28-15-20)34-12-11-33-10-4-5-21(33)16-34/h6,9,14-15,19,21-24,27,31-32H,4-5,7-8,10-13,16H2,1-3H3/t19-,21-,22?,23?,24?,27?/m1/s1. The summed E-state index contributed by atoms with van der Waals surface area (Å²) in [5.74, 6) is 1.62. The van der Waals surface area contributed by atoms with Crippen LogP contribution >= 0.6 is 0 Å². The molecule has 8 heteroatoms. The summed E-state index contributed by atoms with van der Waals surface area (Å²) in [6.45, 7) is 10.9. The number of hydrogen-bond donors (Lipinski definition) is 2. The molecule has 5 heterocycles. The largest absolute Gasteiger partial charge is 0.370 e. The number of hydrogen-bond acceptors (Lipinski definition) is 8. The minimum atomic E-state index is 0.0223. The molecule has 4 aliphatic rings. The number of aryl methyl sites for hydroxylation is 2. The fourth-order valence-corrected chi connectivity index (χ4v) is 7.02. The fraction of sp³-hybridized carbons (Fsp3) is 0.667. The molecule has 188 valence electrons. The maximum Gasteiger partial charge on any atom is 0.128 e. The van der Waals surface area contributed by atoms with Crippen molar-refractivity contribution in [2.24, 2.45) is 5.92 Å². The summed E-state index contributed by atoms with van der Waals surface area (Å²) in [6, 6.07) is 5.98. The molecule has 35 heavy (non-hydrogen) atoms.